The lowest BCUT2D eigenvalue weighted by Gasteiger charge is -2.20. The average Bonchev–Trinajstić information content (AvgIpc) is 3.32. The molecule has 2 heterocycles. The molecule has 0 radical (unpaired) electrons. The predicted octanol–water partition coefficient (Wildman–Crippen LogP) is 5.05. The van der Waals surface area contributed by atoms with Crippen molar-refractivity contribution in [1.29, 1.82) is 0 Å². The van der Waals surface area contributed by atoms with E-state index in [0.717, 1.165) is 27.8 Å². The smallest absolute Gasteiger partial charge is 0.229 e. The van der Waals surface area contributed by atoms with E-state index in [-0.39, 0.29) is 29.4 Å². The lowest BCUT2D eigenvalue weighted by molar-refractivity contribution is -0.118. The Balaban J connectivity index is 1.52. The van der Waals surface area contributed by atoms with Crippen molar-refractivity contribution >= 4 is 42.4 Å². The first kappa shape index (κ1) is 24.8. The predicted molar refractivity (Wildman–Crippen MR) is 139 cm³/mol. The molecule has 4 aromatic rings. The number of aromatic nitrogens is 2. The van der Waals surface area contributed by atoms with Crippen LogP contribution in [0.1, 0.15) is 30.9 Å². The molecule has 0 N–H and O–H groups in total. The topological polar surface area (TPSA) is 89.5 Å². The number of pyridine rings is 1. The van der Waals surface area contributed by atoms with E-state index in [2.05, 4.69) is 11.9 Å². The van der Waals surface area contributed by atoms with Gasteiger partial charge in [-0.25, -0.2) is 13.4 Å². The normalized spacial score (nSPS) is 11.5. The first-order chi connectivity index (χ1) is 16.9. The molecular formula is C26H27N3O4S2. The number of methoxy groups -OCH3 is 1. The third kappa shape index (κ3) is 5.86. The van der Waals surface area contributed by atoms with Gasteiger partial charge in [0.1, 0.15) is 5.75 Å². The van der Waals surface area contributed by atoms with E-state index in [0.29, 0.717) is 17.4 Å². The van der Waals surface area contributed by atoms with Crippen molar-refractivity contribution in [2.24, 2.45) is 0 Å². The van der Waals surface area contributed by atoms with Crippen LogP contribution in [0, 0.1) is 0 Å². The number of carbonyl (C=O) groups excluding carboxylic acids is 1. The van der Waals surface area contributed by atoms with E-state index >= 15 is 0 Å². The van der Waals surface area contributed by atoms with Crippen LogP contribution < -0.4 is 9.64 Å². The van der Waals surface area contributed by atoms with Gasteiger partial charge in [-0.1, -0.05) is 30.4 Å². The Labute approximate surface area is 209 Å². The zero-order chi connectivity index (χ0) is 24.8. The van der Waals surface area contributed by atoms with E-state index < -0.39 is 9.84 Å². The molecule has 1 amide bonds. The number of amides is 1. The maximum absolute atomic E-state index is 13.4. The molecule has 7 nitrogen and oxygen atoms in total. The molecule has 35 heavy (non-hydrogen) atoms. The van der Waals surface area contributed by atoms with E-state index in [4.69, 9.17) is 9.72 Å². The Morgan fingerprint density at radius 1 is 1.06 bits per heavy atom. The molecule has 0 spiro atoms. The van der Waals surface area contributed by atoms with Crippen molar-refractivity contribution in [2.45, 2.75) is 37.6 Å². The van der Waals surface area contributed by atoms with Crippen LogP contribution in [0.2, 0.25) is 0 Å². The summed E-state index contributed by atoms with van der Waals surface area (Å²) in [6.45, 7) is 2.42. The number of aryl methyl sites for hydroxylation is 1. The summed E-state index contributed by atoms with van der Waals surface area (Å²) in [6.07, 6.45) is 4.53. The molecule has 0 fully saturated rings. The molecule has 0 aliphatic carbocycles. The van der Waals surface area contributed by atoms with Crippen molar-refractivity contribution in [3.05, 3.63) is 78.1 Å². The van der Waals surface area contributed by atoms with Crippen molar-refractivity contribution in [1.82, 2.24) is 9.97 Å². The van der Waals surface area contributed by atoms with Crippen molar-refractivity contribution in [3.63, 3.8) is 0 Å². The summed E-state index contributed by atoms with van der Waals surface area (Å²) in [7, 11) is -1.98. The number of benzene rings is 2. The second kappa shape index (κ2) is 11.0. The molecule has 0 aliphatic heterocycles. The highest BCUT2D eigenvalue weighted by atomic mass is 32.2. The van der Waals surface area contributed by atoms with Gasteiger partial charge in [-0.05, 0) is 66.4 Å². The quantitative estimate of drug-likeness (QED) is 0.297. The summed E-state index contributed by atoms with van der Waals surface area (Å²) in [6, 6.07) is 16.1. The third-order valence-corrected chi connectivity index (χ3v) is 8.58. The molecule has 2 aromatic carbocycles. The van der Waals surface area contributed by atoms with Gasteiger partial charge in [0, 0.05) is 18.8 Å². The van der Waals surface area contributed by atoms with Crippen LogP contribution in [0.3, 0.4) is 0 Å². The van der Waals surface area contributed by atoms with Crippen LogP contribution in [0.25, 0.3) is 10.2 Å². The van der Waals surface area contributed by atoms with Crippen molar-refractivity contribution in [3.8, 4) is 5.75 Å². The van der Waals surface area contributed by atoms with Crippen LogP contribution >= 0.6 is 11.3 Å². The first-order valence-corrected chi connectivity index (χ1v) is 13.8. The Hall–Kier alpha value is -3.30. The van der Waals surface area contributed by atoms with Gasteiger partial charge >= 0.3 is 0 Å². The van der Waals surface area contributed by atoms with Gasteiger partial charge in [0.25, 0.3) is 0 Å². The summed E-state index contributed by atoms with van der Waals surface area (Å²) < 4.78 is 31.6. The number of thiazole rings is 1. The summed E-state index contributed by atoms with van der Waals surface area (Å²) in [4.78, 5) is 24.1. The number of ether oxygens (including phenoxy) is 1. The molecule has 0 saturated carbocycles. The minimum Gasteiger partial charge on any atom is -0.497 e. The van der Waals surface area contributed by atoms with Crippen LogP contribution in [0.5, 0.6) is 5.75 Å². The summed E-state index contributed by atoms with van der Waals surface area (Å²) in [5, 5.41) is 0.612. The van der Waals surface area contributed by atoms with Gasteiger partial charge in [-0.2, -0.15) is 0 Å². The number of sulfone groups is 1. The van der Waals surface area contributed by atoms with Gasteiger partial charge < -0.3 is 4.74 Å². The van der Waals surface area contributed by atoms with Gasteiger partial charge in [-0.3, -0.25) is 14.7 Å². The average molecular weight is 510 g/mol. The minimum atomic E-state index is -3.51. The lowest BCUT2D eigenvalue weighted by atomic mass is 10.1. The van der Waals surface area contributed by atoms with E-state index in [1.165, 1.54) is 30.6 Å². The van der Waals surface area contributed by atoms with Crippen LogP contribution in [0.4, 0.5) is 5.13 Å². The monoisotopic (exact) mass is 509 g/mol. The number of para-hydroxylation sites is 1. The number of rotatable bonds is 10. The fourth-order valence-electron chi connectivity index (χ4n) is 3.78. The largest absolute Gasteiger partial charge is 0.497 e. The Morgan fingerprint density at radius 3 is 2.49 bits per heavy atom. The van der Waals surface area contributed by atoms with E-state index in [1.807, 2.05) is 30.3 Å². The minimum absolute atomic E-state index is 0.0943. The third-order valence-electron chi connectivity index (χ3n) is 5.72. The van der Waals surface area contributed by atoms with E-state index in [9.17, 15) is 13.2 Å². The Kier molecular flexibility index (Phi) is 7.77. The molecule has 0 aliphatic rings. The van der Waals surface area contributed by atoms with Crippen LogP contribution in [0.15, 0.2) is 71.9 Å². The molecule has 182 valence electrons. The number of carbonyl (C=O) groups is 1. The van der Waals surface area contributed by atoms with Gasteiger partial charge in [-0.15, -0.1) is 0 Å². The highest BCUT2D eigenvalue weighted by Crippen LogP contribution is 2.32. The number of nitrogens with zero attached hydrogens (tertiary/aromatic N) is 3. The molecule has 0 atom stereocenters. The van der Waals surface area contributed by atoms with E-state index in [1.54, 1.807) is 29.4 Å². The first-order valence-electron chi connectivity index (χ1n) is 11.4. The lowest BCUT2D eigenvalue weighted by Crippen LogP contribution is -2.30. The highest BCUT2D eigenvalue weighted by Gasteiger charge is 2.22. The van der Waals surface area contributed by atoms with Crippen molar-refractivity contribution < 1.29 is 17.9 Å². The number of hydrogen-bond donors (Lipinski definition) is 0. The standard InChI is InChI=1S/C26H27N3O4S2/c1-3-20-6-4-7-23-25(20)28-26(34-23)29(18-19-13-15-27-16-14-19)24(30)8-5-17-35(31,32)22-11-9-21(33-2)10-12-22/h4,6-7,9-16H,3,5,8,17-18H2,1-2H3. The number of hydrogen-bond acceptors (Lipinski definition) is 7. The summed E-state index contributed by atoms with van der Waals surface area (Å²) >= 11 is 1.47. The highest BCUT2D eigenvalue weighted by molar-refractivity contribution is 7.91. The zero-order valence-corrected chi connectivity index (χ0v) is 21.3. The molecule has 4 rings (SSSR count). The molecule has 9 heteroatoms. The van der Waals surface area contributed by atoms with Gasteiger partial charge in [0.2, 0.25) is 5.91 Å². The molecule has 0 unspecified atom stereocenters. The van der Waals surface area contributed by atoms with Gasteiger partial charge in [0.05, 0.1) is 34.5 Å². The maximum Gasteiger partial charge on any atom is 0.229 e. The second-order valence-electron chi connectivity index (χ2n) is 8.05. The molecular weight excluding hydrogens is 482 g/mol. The summed E-state index contributed by atoms with van der Waals surface area (Å²) in [5.74, 6) is 0.311. The molecule has 0 bridgehead atoms. The number of anilines is 1. The molecule has 0 saturated heterocycles. The van der Waals surface area contributed by atoms with Crippen molar-refractivity contribution in [2.75, 3.05) is 17.8 Å². The second-order valence-corrected chi connectivity index (χ2v) is 11.2. The molecule has 2 aromatic heterocycles. The Morgan fingerprint density at radius 2 is 1.80 bits per heavy atom. The fourth-order valence-corrected chi connectivity index (χ4v) is 6.12. The fraction of sp³-hybridized carbons (Fsp3) is 0.269. The zero-order valence-electron chi connectivity index (χ0n) is 19.7. The SMILES string of the molecule is CCc1cccc2sc(N(Cc3ccncc3)C(=O)CCCS(=O)(=O)c3ccc(OC)cc3)nc12. The number of fused-ring (bicyclic) bond motifs is 1. The summed E-state index contributed by atoms with van der Waals surface area (Å²) in [5.41, 5.74) is 2.96. The van der Waals surface area contributed by atoms with Gasteiger partial charge in [0.15, 0.2) is 15.0 Å². The Bertz CT molecular complexity index is 1400. The van der Waals surface area contributed by atoms with Crippen LogP contribution in [-0.2, 0) is 27.6 Å². The van der Waals surface area contributed by atoms with Crippen LogP contribution in [-0.4, -0.2) is 37.2 Å². The maximum atomic E-state index is 13.4.